The average molecular weight is 257 g/mol. The molecule has 84 valence electrons. The maximum Gasteiger partial charge on any atom is 0.446 e. The highest BCUT2D eigenvalue weighted by atomic mass is 35.5. The molecule has 0 saturated carbocycles. The predicted molar refractivity (Wildman–Crippen MR) is 55.7 cm³/mol. The summed E-state index contributed by atoms with van der Waals surface area (Å²) in [6, 6.07) is 4.46. The second kappa shape index (κ2) is 4.96. The minimum Gasteiger partial charge on any atom is -0.323 e. The molecule has 0 heterocycles. The Morgan fingerprint density at radius 2 is 2.07 bits per heavy atom. The van der Waals surface area contributed by atoms with Crippen molar-refractivity contribution in [2.24, 2.45) is 5.84 Å². The van der Waals surface area contributed by atoms with Gasteiger partial charge in [-0.15, -0.1) is 11.6 Å². The molecule has 0 aromatic heterocycles. The van der Waals surface area contributed by atoms with Gasteiger partial charge in [-0.05, 0) is 23.4 Å². The first-order valence-corrected chi connectivity index (χ1v) is 5.23. The Labute approximate surface area is 93.9 Å². The molecule has 1 rings (SSSR count). The van der Waals surface area contributed by atoms with Crippen LogP contribution in [0.25, 0.3) is 0 Å². The van der Waals surface area contributed by atoms with Crippen LogP contribution in [-0.2, 0) is 5.88 Å². The second-order valence-corrected chi connectivity index (χ2v) is 3.99. The largest absolute Gasteiger partial charge is 0.446 e. The van der Waals surface area contributed by atoms with Crippen molar-refractivity contribution in [3.8, 4) is 0 Å². The van der Waals surface area contributed by atoms with Crippen molar-refractivity contribution < 1.29 is 13.2 Å². The number of para-hydroxylation sites is 1. The summed E-state index contributed by atoms with van der Waals surface area (Å²) in [4.78, 5) is 0.0168. The molecule has 3 N–H and O–H groups in total. The highest BCUT2D eigenvalue weighted by Crippen LogP contribution is 2.41. The van der Waals surface area contributed by atoms with E-state index >= 15 is 0 Å². The van der Waals surface area contributed by atoms with E-state index in [0.29, 0.717) is 5.56 Å². The van der Waals surface area contributed by atoms with Crippen LogP contribution in [0, 0.1) is 0 Å². The van der Waals surface area contributed by atoms with Gasteiger partial charge in [0.05, 0.1) is 5.69 Å². The summed E-state index contributed by atoms with van der Waals surface area (Å²) in [6.45, 7) is 0. The molecule has 0 atom stereocenters. The third-order valence-corrected chi connectivity index (χ3v) is 2.71. The number of alkyl halides is 4. The fourth-order valence-corrected chi connectivity index (χ4v) is 1.97. The SMILES string of the molecule is NNc1c(CCl)cccc1SC(F)(F)F. The fraction of sp³-hybridized carbons (Fsp3) is 0.250. The van der Waals surface area contributed by atoms with Crippen molar-refractivity contribution in [1.82, 2.24) is 0 Å². The van der Waals surface area contributed by atoms with Crippen molar-refractivity contribution >= 4 is 29.1 Å². The molecule has 0 aliphatic rings. The highest BCUT2D eigenvalue weighted by molar-refractivity contribution is 8.00. The highest BCUT2D eigenvalue weighted by Gasteiger charge is 2.30. The van der Waals surface area contributed by atoms with Gasteiger partial charge in [0, 0.05) is 10.8 Å². The summed E-state index contributed by atoms with van der Waals surface area (Å²) in [7, 11) is 0. The third-order valence-electron chi connectivity index (χ3n) is 1.63. The average Bonchev–Trinajstić information content (AvgIpc) is 2.15. The fourth-order valence-electron chi connectivity index (χ4n) is 1.06. The number of benzene rings is 1. The van der Waals surface area contributed by atoms with Crippen LogP contribution in [0.4, 0.5) is 18.9 Å². The number of thioether (sulfide) groups is 1. The Balaban J connectivity index is 3.06. The van der Waals surface area contributed by atoms with Gasteiger partial charge >= 0.3 is 5.51 Å². The lowest BCUT2D eigenvalue weighted by atomic mass is 10.2. The molecule has 1 aromatic carbocycles. The number of nitrogens with two attached hydrogens (primary N) is 1. The normalized spacial score (nSPS) is 11.5. The quantitative estimate of drug-likeness (QED) is 0.377. The molecule has 0 unspecified atom stereocenters. The Hall–Kier alpha value is -0.590. The number of nitrogen functional groups attached to an aromatic ring is 1. The number of nitrogens with one attached hydrogen (secondary N) is 1. The van der Waals surface area contributed by atoms with Crippen LogP contribution < -0.4 is 11.3 Å². The molecule has 0 saturated heterocycles. The van der Waals surface area contributed by atoms with Crippen molar-refractivity contribution in [2.45, 2.75) is 16.3 Å². The first-order valence-electron chi connectivity index (χ1n) is 3.88. The summed E-state index contributed by atoms with van der Waals surface area (Å²) < 4.78 is 36.5. The van der Waals surface area contributed by atoms with E-state index in [0.717, 1.165) is 0 Å². The smallest absolute Gasteiger partial charge is 0.323 e. The van der Waals surface area contributed by atoms with Gasteiger partial charge in [-0.25, -0.2) is 0 Å². The Morgan fingerprint density at radius 3 is 2.53 bits per heavy atom. The molecule has 0 spiro atoms. The van der Waals surface area contributed by atoms with E-state index in [9.17, 15) is 13.2 Å². The number of rotatable bonds is 3. The molecule has 0 fully saturated rings. The van der Waals surface area contributed by atoms with E-state index in [4.69, 9.17) is 17.4 Å². The topological polar surface area (TPSA) is 38.0 Å². The van der Waals surface area contributed by atoms with Gasteiger partial charge in [-0.3, -0.25) is 5.84 Å². The summed E-state index contributed by atoms with van der Waals surface area (Å²) in [5.41, 5.74) is -1.35. The number of hydrazine groups is 1. The van der Waals surface area contributed by atoms with Crippen LogP contribution in [-0.4, -0.2) is 5.51 Å². The van der Waals surface area contributed by atoms with Gasteiger partial charge in [0.15, 0.2) is 0 Å². The standard InChI is InChI=1S/C8H8ClF3N2S/c9-4-5-2-1-3-6(7(5)14-13)15-8(10,11)12/h1-3,14H,4,13H2. The van der Waals surface area contributed by atoms with Crippen molar-refractivity contribution in [2.75, 3.05) is 5.43 Å². The Kier molecular flexibility index (Phi) is 4.12. The van der Waals surface area contributed by atoms with Gasteiger partial charge < -0.3 is 5.43 Å². The van der Waals surface area contributed by atoms with E-state index in [2.05, 4.69) is 5.43 Å². The maximum absolute atomic E-state index is 12.2. The monoisotopic (exact) mass is 256 g/mol. The molecular weight excluding hydrogens is 249 g/mol. The molecule has 0 aliphatic carbocycles. The number of anilines is 1. The van der Waals surface area contributed by atoms with Gasteiger partial charge in [-0.1, -0.05) is 12.1 Å². The zero-order valence-electron chi connectivity index (χ0n) is 7.44. The van der Waals surface area contributed by atoms with E-state index in [1.807, 2.05) is 0 Å². The Morgan fingerprint density at radius 1 is 1.40 bits per heavy atom. The van der Waals surface area contributed by atoms with Gasteiger partial charge in [-0.2, -0.15) is 13.2 Å². The van der Waals surface area contributed by atoms with Crippen LogP contribution in [0.5, 0.6) is 0 Å². The molecule has 0 radical (unpaired) electrons. The van der Waals surface area contributed by atoms with Crippen LogP contribution in [0.2, 0.25) is 0 Å². The summed E-state index contributed by atoms with van der Waals surface area (Å²) in [6.07, 6.45) is 0. The summed E-state index contributed by atoms with van der Waals surface area (Å²) in [5, 5.41) is 0. The lowest BCUT2D eigenvalue weighted by molar-refractivity contribution is -0.0327. The van der Waals surface area contributed by atoms with Crippen LogP contribution in [0.1, 0.15) is 5.56 Å². The van der Waals surface area contributed by atoms with Gasteiger partial charge in [0.2, 0.25) is 0 Å². The van der Waals surface area contributed by atoms with E-state index in [-0.39, 0.29) is 28.2 Å². The van der Waals surface area contributed by atoms with Crippen molar-refractivity contribution in [3.63, 3.8) is 0 Å². The van der Waals surface area contributed by atoms with E-state index in [1.165, 1.54) is 12.1 Å². The lowest BCUT2D eigenvalue weighted by Crippen LogP contribution is -2.11. The predicted octanol–water partition coefficient (Wildman–Crippen LogP) is 3.32. The zero-order valence-corrected chi connectivity index (χ0v) is 9.01. The molecule has 7 heteroatoms. The number of halogens is 4. The first kappa shape index (κ1) is 12.5. The van der Waals surface area contributed by atoms with Crippen LogP contribution in [0.3, 0.4) is 0 Å². The molecule has 0 aliphatic heterocycles. The number of hydrogen-bond donors (Lipinski definition) is 2. The molecule has 2 nitrogen and oxygen atoms in total. The molecule has 0 amide bonds. The molecule has 0 bridgehead atoms. The minimum atomic E-state index is -4.34. The minimum absolute atomic E-state index is 0.0168. The van der Waals surface area contributed by atoms with E-state index in [1.54, 1.807) is 6.07 Å². The zero-order chi connectivity index (χ0) is 11.5. The summed E-state index contributed by atoms with van der Waals surface area (Å²) >= 11 is 5.35. The third kappa shape index (κ3) is 3.48. The van der Waals surface area contributed by atoms with Crippen molar-refractivity contribution in [1.29, 1.82) is 0 Å². The maximum atomic E-state index is 12.2. The molecular formula is C8H8ClF3N2S. The number of hydrogen-bond acceptors (Lipinski definition) is 3. The van der Waals surface area contributed by atoms with Crippen LogP contribution in [0.15, 0.2) is 23.1 Å². The molecule has 15 heavy (non-hydrogen) atoms. The molecule has 1 aromatic rings. The van der Waals surface area contributed by atoms with Gasteiger partial charge in [0.25, 0.3) is 0 Å². The van der Waals surface area contributed by atoms with Gasteiger partial charge in [0.1, 0.15) is 0 Å². The first-order chi connectivity index (χ1) is 6.98. The van der Waals surface area contributed by atoms with Crippen molar-refractivity contribution in [3.05, 3.63) is 23.8 Å². The summed E-state index contributed by atoms with van der Waals surface area (Å²) in [5.74, 6) is 5.26. The second-order valence-electron chi connectivity index (χ2n) is 2.62. The lowest BCUT2D eigenvalue weighted by Gasteiger charge is -2.13. The van der Waals surface area contributed by atoms with E-state index < -0.39 is 5.51 Å². The Bertz CT molecular complexity index is 343. The van der Waals surface area contributed by atoms with Crippen LogP contribution >= 0.6 is 23.4 Å².